The number of amides is 2. The van der Waals surface area contributed by atoms with E-state index in [-0.39, 0.29) is 18.4 Å². The van der Waals surface area contributed by atoms with Crippen molar-refractivity contribution in [2.45, 2.75) is 62.5 Å². The van der Waals surface area contributed by atoms with Crippen molar-refractivity contribution in [2.24, 2.45) is 5.92 Å². The second kappa shape index (κ2) is 13.8. The lowest BCUT2D eigenvalue weighted by Crippen LogP contribution is -2.48. The zero-order chi connectivity index (χ0) is 28.6. The van der Waals surface area contributed by atoms with E-state index in [2.05, 4.69) is 10.6 Å². The molecule has 1 aliphatic carbocycles. The lowest BCUT2D eigenvalue weighted by molar-refractivity contribution is -0.127. The summed E-state index contributed by atoms with van der Waals surface area (Å²) in [6, 6.07) is 25.8. The Labute approximate surface area is 240 Å². The second-order valence-electron chi connectivity index (χ2n) is 11.0. The van der Waals surface area contributed by atoms with Crippen LogP contribution in [0.2, 0.25) is 0 Å². The molecule has 1 fully saturated rings. The third-order valence-corrected chi connectivity index (χ3v) is 7.95. The molecule has 1 saturated heterocycles. The van der Waals surface area contributed by atoms with Crippen LogP contribution in [0.1, 0.15) is 41.1 Å². The first-order valence-corrected chi connectivity index (χ1v) is 14.3. The van der Waals surface area contributed by atoms with Gasteiger partial charge < -0.3 is 30.3 Å². The minimum Gasteiger partial charge on any atom is -0.444 e. The molecule has 1 aliphatic heterocycles. The fourth-order valence-corrected chi connectivity index (χ4v) is 5.75. The quantitative estimate of drug-likeness (QED) is 0.286. The highest BCUT2D eigenvalue weighted by Crippen LogP contribution is 2.32. The van der Waals surface area contributed by atoms with Crippen molar-refractivity contribution in [1.82, 2.24) is 10.6 Å². The number of carbonyl (C=O) groups is 2. The van der Waals surface area contributed by atoms with E-state index in [1.807, 2.05) is 84.9 Å². The monoisotopic (exact) mass is 558 g/mol. The van der Waals surface area contributed by atoms with E-state index in [1.165, 1.54) is 0 Å². The lowest BCUT2D eigenvalue weighted by Gasteiger charge is -2.29. The van der Waals surface area contributed by atoms with Gasteiger partial charge in [0, 0.05) is 18.8 Å². The maximum absolute atomic E-state index is 13.8. The summed E-state index contributed by atoms with van der Waals surface area (Å²) in [6.07, 6.45) is -0.711. The molecule has 1 heterocycles. The molecule has 5 rings (SSSR count). The number of nitrogens with one attached hydrogen (secondary N) is 2. The van der Waals surface area contributed by atoms with E-state index in [0.717, 1.165) is 22.3 Å². The third-order valence-electron chi connectivity index (χ3n) is 7.95. The number of aliphatic hydroxyl groups excluding tert-OH is 2. The highest BCUT2D eigenvalue weighted by atomic mass is 16.6. The number of alkyl carbamates (subject to hydrolysis) is 1. The van der Waals surface area contributed by atoms with Gasteiger partial charge in [0.05, 0.1) is 37.5 Å². The summed E-state index contributed by atoms with van der Waals surface area (Å²) in [5.41, 5.74) is 3.83. The fraction of sp³-hybridized carbons (Fsp3) is 0.394. The Bertz CT molecular complexity index is 1280. The predicted molar refractivity (Wildman–Crippen MR) is 154 cm³/mol. The maximum Gasteiger partial charge on any atom is 0.407 e. The molecule has 4 N–H and O–H groups in total. The van der Waals surface area contributed by atoms with E-state index < -0.39 is 36.3 Å². The molecule has 0 radical (unpaired) electrons. The molecule has 0 aromatic heterocycles. The molecule has 0 saturated carbocycles. The molecule has 216 valence electrons. The van der Waals surface area contributed by atoms with Crippen LogP contribution in [0.25, 0.3) is 0 Å². The van der Waals surface area contributed by atoms with Crippen molar-refractivity contribution in [3.8, 4) is 0 Å². The Morgan fingerprint density at radius 2 is 1.59 bits per heavy atom. The molecule has 0 spiro atoms. The minimum absolute atomic E-state index is 0.107. The van der Waals surface area contributed by atoms with Gasteiger partial charge in [0.1, 0.15) is 6.10 Å². The fourth-order valence-electron chi connectivity index (χ4n) is 5.75. The number of rotatable bonds is 11. The lowest BCUT2D eigenvalue weighted by atomic mass is 9.88. The van der Waals surface area contributed by atoms with Crippen LogP contribution in [-0.4, -0.2) is 59.8 Å². The summed E-state index contributed by atoms with van der Waals surface area (Å²) in [6.45, 7) is 0.902. The van der Waals surface area contributed by atoms with Gasteiger partial charge in [0.2, 0.25) is 5.91 Å². The van der Waals surface area contributed by atoms with Crippen LogP contribution >= 0.6 is 0 Å². The Morgan fingerprint density at radius 3 is 2.27 bits per heavy atom. The van der Waals surface area contributed by atoms with Crippen LogP contribution in [0.3, 0.4) is 0 Å². The van der Waals surface area contributed by atoms with E-state index >= 15 is 0 Å². The van der Waals surface area contributed by atoms with Crippen LogP contribution in [0.5, 0.6) is 0 Å². The molecule has 3 aromatic carbocycles. The molecular weight excluding hydrogens is 520 g/mol. The summed E-state index contributed by atoms with van der Waals surface area (Å²) in [4.78, 5) is 26.6. The van der Waals surface area contributed by atoms with Gasteiger partial charge in [-0.25, -0.2) is 4.79 Å². The standard InChI is InChI=1S/C33H38N2O6/c36-29(28(18-23-11-5-2-6-12-23)34-33(39)41-26-15-16-40-21-26)20-25(17-22-9-3-1-4-10-22)32(38)35-31-27-14-8-7-13-24(27)19-30(31)37/h1-14,25-26,28-31,36-37H,15-21H2,(H,34,39)(H,35,38)/t25-,26+,28-,29-,30+,31-/m0/s1. The number of fused-ring (bicyclic) bond motifs is 1. The van der Waals surface area contributed by atoms with Crippen molar-refractivity contribution < 1.29 is 29.3 Å². The van der Waals surface area contributed by atoms with Crippen molar-refractivity contribution >= 4 is 12.0 Å². The Balaban J connectivity index is 1.33. The van der Waals surface area contributed by atoms with Crippen molar-refractivity contribution in [1.29, 1.82) is 0 Å². The van der Waals surface area contributed by atoms with Gasteiger partial charge in [-0.1, -0.05) is 84.9 Å². The molecular formula is C33H38N2O6. The summed E-state index contributed by atoms with van der Waals surface area (Å²) in [5, 5.41) is 28.2. The van der Waals surface area contributed by atoms with Gasteiger partial charge in [-0.3, -0.25) is 4.79 Å². The average Bonchev–Trinajstić information content (AvgIpc) is 3.60. The summed E-state index contributed by atoms with van der Waals surface area (Å²) in [7, 11) is 0. The number of benzene rings is 3. The normalized spacial score (nSPS) is 21.9. The molecule has 41 heavy (non-hydrogen) atoms. The summed E-state index contributed by atoms with van der Waals surface area (Å²) < 4.78 is 10.8. The van der Waals surface area contributed by atoms with Gasteiger partial charge in [0.25, 0.3) is 0 Å². The molecule has 6 atom stereocenters. The number of ether oxygens (including phenoxy) is 2. The SMILES string of the molecule is O=C(N[C@@H](Cc1ccccc1)[C@@H](O)C[C@H](Cc1ccccc1)C(=O)N[C@H]1c2ccccc2C[C@H]1O)O[C@@H]1CCOC1. The van der Waals surface area contributed by atoms with Gasteiger partial charge >= 0.3 is 6.09 Å². The third kappa shape index (κ3) is 7.73. The highest BCUT2D eigenvalue weighted by molar-refractivity contribution is 5.80. The molecule has 2 aliphatic rings. The first-order valence-electron chi connectivity index (χ1n) is 14.3. The Kier molecular flexibility index (Phi) is 9.67. The van der Waals surface area contributed by atoms with Crippen LogP contribution in [-0.2, 0) is 33.5 Å². The first-order chi connectivity index (χ1) is 20.0. The number of hydrogen-bond acceptors (Lipinski definition) is 6. The summed E-state index contributed by atoms with van der Waals surface area (Å²) in [5.74, 6) is -0.857. The highest BCUT2D eigenvalue weighted by Gasteiger charge is 2.35. The second-order valence-corrected chi connectivity index (χ2v) is 11.0. The largest absolute Gasteiger partial charge is 0.444 e. The van der Waals surface area contributed by atoms with Crippen LogP contribution in [0, 0.1) is 5.92 Å². The van der Waals surface area contributed by atoms with Crippen LogP contribution < -0.4 is 10.6 Å². The van der Waals surface area contributed by atoms with Crippen molar-refractivity contribution in [2.75, 3.05) is 13.2 Å². The number of hydrogen-bond donors (Lipinski definition) is 4. The zero-order valence-corrected chi connectivity index (χ0v) is 23.0. The topological polar surface area (TPSA) is 117 Å². The van der Waals surface area contributed by atoms with Gasteiger partial charge in [-0.05, 0) is 41.5 Å². The van der Waals surface area contributed by atoms with Crippen molar-refractivity contribution in [3.63, 3.8) is 0 Å². The molecule has 3 aromatic rings. The Morgan fingerprint density at radius 1 is 0.927 bits per heavy atom. The molecule has 0 bridgehead atoms. The van der Waals surface area contributed by atoms with E-state index in [4.69, 9.17) is 9.47 Å². The predicted octanol–water partition coefficient (Wildman–Crippen LogP) is 3.50. The van der Waals surface area contributed by atoms with E-state index in [0.29, 0.717) is 38.9 Å². The Hall–Kier alpha value is -3.72. The molecule has 0 unspecified atom stereocenters. The summed E-state index contributed by atoms with van der Waals surface area (Å²) >= 11 is 0. The number of aliphatic hydroxyl groups is 2. The molecule has 8 nitrogen and oxygen atoms in total. The van der Waals surface area contributed by atoms with Crippen molar-refractivity contribution in [3.05, 3.63) is 107 Å². The zero-order valence-electron chi connectivity index (χ0n) is 23.0. The van der Waals surface area contributed by atoms with Gasteiger partial charge in [0.15, 0.2) is 0 Å². The van der Waals surface area contributed by atoms with Gasteiger partial charge in [-0.2, -0.15) is 0 Å². The average molecular weight is 559 g/mol. The molecule has 2 amide bonds. The van der Waals surface area contributed by atoms with Crippen LogP contribution in [0.15, 0.2) is 84.9 Å². The van der Waals surface area contributed by atoms with E-state index in [9.17, 15) is 19.8 Å². The number of carbonyl (C=O) groups excluding carboxylic acids is 2. The minimum atomic E-state index is -1.04. The van der Waals surface area contributed by atoms with E-state index in [1.54, 1.807) is 0 Å². The maximum atomic E-state index is 13.8. The first kappa shape index (κ1) is 28.8. The molecule has 8 heteroatoms. The van der Waals surface area contributed by atoms with Gasteiger partial charge in [-0.15, -0.1) is 0 Å². The van der Waals surface area contributed by atoms with Crippen LogP contribution in [0.4, 0.5) is 4.79 Å². The smallest absolute Gasteiger partial charge is 0.407 e.